The minimum Gasteiger partial charge on any atom is -0.478 e. The summed E-state index contributed by atoms with van der Waals surface area (Å²) in [5.74, 6) is -1.57. The highest BCUT2D eigenvalue weighted by Crippen LogP contribution is 2.26. The average Bonchev–Trinajstić information content (AvgIpc) is 2.79. The van der Waals surface area contributed by atoms with Crippen molar-refractivity contribution in [3.8, 4) is 0 Å². The summed E-state index contributed by atoms with van der Waals surface area (Å²) < 4.78 is 13.4. The molecule has 2 N–H and O–H groups in total. The smallest absolute Gasteiger partial charge is 0.337 e. The number of carbonyl (C=O) groups excluding carboxylic acids is 1. The number of aryl methyl sites for hydroxylation is 1. The van der Waals surface area contributed by atoms with Gasteiger partial charge in [0.1, 0.15) is 5.82 Å². The number of benzene rings is 3. The molecule has 33 heavy (non-hydrogen) atoms. The molecular formula is C26H26FN3O3. The summed E-state index contributed by atoms with van der Waals surface area (Å²) in [4.78, 5) is 28.8. The van der Waals surface area contributed by atoms with E-state index in [2.05, 4.69) is 10.2 Å². The first-order valence-electron chi connectivity index (χ1n) is 10.9. The Morgan fingerprint density at radius 1 is 0.970 bits per heavy atom. The maximum Gasteiger partial charge on any atom is 0.337 e. The standard InChI is InChI=1S/C26H26FN3O3/c1-18-4-2-6-20(14-18)25(31)28-22-8-9-24(23(16-22)26(32)33)30-12-10-29(11-13-30)17-19-5-3-7-21(27)15-19/h2-9,14-16H,10-13,17H2,1H3,(H,28,31)(H,32,33). The second-order valence-corrected chi connectivity index (χ2v) is 8.25. The molecule has 1 fully saturated rings. The first-order chi connectivity index (χ1) is 15.9. The number of aromatic carboxylic acids is 1. The summed E-state index contributed by atoms with van der Waals surface area (Å²) in [6, 6.07) is 18.8. The fourth-order valence-electron chi connectivity index (χ4n) is 4.09. The number of carbonyl (C=O) groups is 2. The first kappa shape index (κ1) is 22.5. The Kier molecular flexibility index (Phi) is 6.70. The predicted octanol–water partition coefficient (Wildman–Crippen LogP) is 4.41. The Morgan fingerprint density at radius 3 is 2.42 bits per heavy atom. The molecule has 1 amide bonds. The Balaban J connectivity index is 1.44. The van der Waals surface area contributed by atoms with Crippen molar-refractivity contribution in [3.63, 3.8) is 0 Å². The molecule has 0 radical (unpaired) electrons. The Morgan fingerprint density at radius 2 is 1.73 bits per heavy atom. The summed E-state index contributed by atoms with van der Waals surface area (Å²) in [6.45, 7) is 5.35. The predicted molar refractivity (Wildman–Crippen MR) is 126 cm³/mol. The number of piperazine rings is 1. The van der Waals surface area contributed by atoms with Crippen LogP contribution in [-0.4, -0.2) is 48.1 Å². The van der Waals surface area contributed by atoms with Gasteiger partial charge in [0.2, 0.25) is 0 Å². The van der Waals surface area contributed by atoms with Crippen molar-refractivity contribution >= 4 is 23.3 Å². The van der Waals surface area contributed by atoms with E-state index in [4.69, 9.17) is 0 Å². The van der Waals surface area contributed by atoms with E-state index in [9.17, 15) is 19.1 Å². The van der Waals surface area contributed by atoms with Crippen molar-refractivity contribution in [1.82, 2.24) is 4.90 Å². The third-order valence-corrected chi connectivity index (χ3v) is 5.77. The van der Waals surface area contributed by atoms with Crippen molar-refractivity contribution in [2.75, 3.05) is 36.4 Å². The van der Waals surface area contributed by atoms with E-state index < -0.39 is 5.97 Å². The first-order valence-corrected chi connectivity index (χ1v) is 10.9. The van der Waals surface area contributed by atoms with Gasteiger partial charge in [-0.3, -0.25) is 9.69 Å². The monoisotopic (exact) mass is 447 g/mol. The molecule has 3 aromatic rings. The van der Waals surface area contributed by atoms with Crippen LogP contribution in [0.5, 0.6) is 0 Å². The van der Waals surface area contributed by atoms with Crippen molar-refractivity contribution in [1.29, 1.82) is 0 Å². The van der Waals surface area contributed by atoms with Gasteiger partial charge >= 0.3 is 5.97 Å². The van der Waals surface area contributed by atoms with E-state index in [1.807, 2.05) is 30.0 Å². The molecule has 6 nitrogen and oxygen atoms in total. The van der Waals surface area contributed by atoms with Gasteiger partial charge in [-0.25, -0.2) is 9.18 Å². The molecule has 7 heteroatoms. The molecule has 0 unspecified atom stereocenters. The normalized spacial score (nSPS) is 14.2. The zero-order valence-electron chi connectivity index (χ0n) is 18.4. The van der Waals surface area contributed by atoms with Crippen LogP contribution < -0.4 is 10.2 Å². The van der Waals surface area contributed by atoms with Crippen LogP contribution in [0.2, 0.25) is 0 Å². The summed E-state index contributed by atoms with van der Waals surface area (Å²) in [5, 5.41) is 12.6. The van der Waals surface area contributed by atoms with Gasteiger partial charge in [0.05, 0.1) is 11.3 Å². The second-order valence-electron chi connectivity index (χ2n) is 8.25. The van der Waals surface area contributed by atoms with Gasteiger partial charge in [-0.2, -0.15) is 0 Å². The van der Waals surface area contributed by atoms with Crippen molar-refractivity contribution in [3.05, 3.63) is 94.8 Å². The van der Waals surface area contributed by atoms with Crippen LogP contribution in [0, 0.1) is 12.7 Å². The minimum absolute atomic E-state index is 0.149. The molecule has 1 aliphatic heterocycles. The molecule has 1 heterocycles. The van der Waals surface area contributed by atoms with Crippen molar-refractivity contribution in [2.45, 2.75) is 13.5 Å². The number of amides is 1. The van der Waals surface area contributed by atoms with Crippen LogP contribution in [0.3, 0.4) is 0 Å². The SMILES string of the molecule is Cc1cccc(C(=O)Nc2ccc(N3CCN(Cc4cccc(F)c4)CC3)c(C(=O)O)c2)c1. The summed E-state index contributed by atoms with van der Waals surface area (Å²) in [5.41, 5.74) is 3.62. The summed E-state index contributed by atoms with van der Waals surface area (Å²) in [7, 11) is 0. The number of nitrogens with zero attached hydrogens (tertiary/aromatic N) is 2. The molecule has 0 atom stereocenters. The van der Waals surface area contributed by atoms with Crippen LogP contribution in [0.4, 0.5) is 15.8 Å². The lowest BCUT2D eigenvalue weighted by atomic mass is 10.1. The molecule has 1 aliphatic rings. The lowest BCUT2D eigenvalue weighted by Gasteiger charge is -2.36. The Labute approximate surface area is 192 Å². The highest BCUT2D eigenvalue weighted by molar-refractivity contribution is 6.05. The number of anilines is 2. The number of nitrogens with one attached hydrogen (secondary N) is 1. The largest absolute Gasteiger partial charge is 0.478 e. The van der Waals surface area contributed by atoms with Gasteiger partial charge in [0, 0.05) is 44.0 Å². The fraction of sp³-hybridized carbons (Fsp3) is 0.231. The minimum atomic E-state index is -1.04. The van der Waals surface area contributed by atoms with Crippen LogP contribution in [0.1, 0.15) is 31.8 Å². The quantitative estimate of drug-likeness (QED) is 0.586. The fourth-order valence-corrected chi connectivity index (χ4v) is 4.09. The zero-order chi connectivity index (χ0) is 23.4. The van der Waals surface area contributed by atoms with Gasteiger partial charge < -0.3 is 15.3 Å². The van der Waals surface area contributed by atoms with E-state index in [1.54, 1.807) is 36.4 Å². The van der Waals surface area contributed by atoms with Crippen molar-refractivity contribution in [2.24, 2.45) is 0 Å². The van der Waals surface area contributed by atoms with Gasteiger partial charge in [0.15, 0.2) is 0 Å². The molecule has 0 aromatic heterocycles. The zero-order valence-corrected chi connectivity index (χ0v) is 18.4. The average molecular weight is 448 g/mol. The molecule has 0 aliphatic carbocycles. The van der Waals surface area contributed by atoms with E-state index in [1.165, 1.54) is 12.1 Å². The molecule has 1 saturated heterocycles. The maximum atomic E-state index is 13.4. The number of carboxylic acids is 1. The van der Waals surface area contributed by atoms with E-state index in [-0.39, 0.29) is 17.3 Å². The number of hydrogen-bond donors (Lipinski definition) is 2. The Hall–Kier alpha value is -3.71. The van der Waals surface area contributed by atoms with Gasteiger partial charge in [-0.1, -0.05) is 29.8 Å². The lowest BCUT2D eigenvalue weighted by molar-refractivity contribution is 0.0697. The molecule has 0 saturated carbocycles. The van der Waals surface area contributed by atoms with Crippen LogP contribution in [0.15, 0.2) is 66.7 Å². The third kappa shape index (κ3) is 5.56. The Bertz CT molecular complexity index is 1170. The number of hydrogen-bond acceptors (Lipinski definition) is 4. The van der Waals surface area contributed by atoms with Gasteiger partial charge in [-0.05, 0) is 55.0 Å². The number of carboxylic acid groups (broad SMARTS) is 1. The third-order valence-electron chi connectivity index (χ3n) is 5.77. The second kappa shape index (κ2) is 9.83. The highest BCUT2D eigenvalue weighted by atomic mass is 19.1. The van der Waals surface area contributed by atoms with Gasteiger partial charge in [0.25, 0.3) is 5.91 Å². The van der Waals surface area contributed by atoms with Crippen molar-refractivity contribution < 1.29 is 19.1 Å². The van der Waals surface area contributed by atoms with E-state index in [0.717, 1.165) is 24.2 Å². The van der Waals surface area contributed by atoms with E-state index >= 15 is 0 Å². The number of rotatable bonds is 6. The summed E-state index contributed by atoms with van der Waals surface area (Å²) in [6.07, 6.45) is 0. The topological polar surface area (TPSA) is 72.9 Å². The molecule has 3 aromatic carbocycles. The molecular weight excluding hydrogens is 421 g/mol. The van der Waals surface area contributed by atoms with Crippen LogP contribution in [0.25, 0.3) is 0 Å². The number of halogens is 1. The van der Waals surface area contributed by atoms with Crippen LogP contribution in [-0.2, 0) is 6.54 Å². The maximum absolute atomic E-state index is 13.4. The van der Waals surface area contributed by atoms with Gasteiger partial charge in [-0.15, -0.1) is 0 Å². The van der Waals surface area contributed by atoms with Crippen LogP contribution >= 0.6 is 0 Å². The molecule has 0 bridgehead atoms. The molecule has 0 spiro atoms. The lowest BCUT2D eigenvalue weighted by Crippen LogP contribution is -2.46. The molecule has 170 valence electrons. The summed E-state index contributed by atoms with van der Waals surface area (Å²) >= 11 is 0. The van der Waals surface area contributed by atoms with E-state index in [0.29, 0.717) is 36.6 Å². The highest BCUT2D eigenvalue weighted by Gasteiger charge is 2.22. The molecule has 4 rings (SSSR count).